The molecule has 0 aromatic rings. The molecule has 0 aromatic carbocycles. The Hall–Kier alpha value is -0.810. The van der Waals surface area contributed by atoms with E-state index < -0.39 is 0 Å². The number of amides is 2. The number of nitrogens with two attached hydrogens (primary N) is 1. The standard InChI is InChI=1S/C13H25N3O2.ClH/c1-10(8-14)16-13(18)9-15-12(17)7-6-11-4-2-3-5-11;/h10-11H,2-9,14H2,1H3,(H,15,17)(H,16,18);1H/t10-;/m0./s1. The first-order valence-electron chi connectivity index (χ1n) is 6.88. The zero-order valence-corrected chi connectivity index (χ0v) is 12.4. The predicted octanol–water partition coefficient (Wildman–Crippen LogP) is 0.958. The lowest BCUT2D eigenvalue weighted by Gasteiger charge is -2.12. The largest absolute Gasteiger partial charge is 0.351 e. The van der Waals surface area contributed by atoms with Crippen LogP contribution in [0.4, 0.5) is 0 Å². The van der Waals surface area contributed by atoms with E-state index in [1.807, 2.05) is 6.92 Å². The van der Waals surface area contributed by atoms with Crippen LogP contribution in [0.2, 0.25) is 0 Å². The van der Waals surface area contributed by atoms with E-state index in [4.69, 9.17) is 5.73 Å². The summed E-state index contributed by atoms with van der Waals surface area (Å²) in [6, 6.07) is -0.0482. The Morgan fingerprint density at radius 1 is 1.26 bits per heavy atom. The molecule has 5 nitrogen and oxygen atoms in total. The van der Waals surface area contributed by atoms with Crippen LogP contribution >= 0.6 is 12.4 Å². The Kier molecular flexibility index (Phi) is 9.61. The summed E-state index contributed by atoms with van der Waals surface area (Å²) >= 11 is 0. The molecule has 1 fully saturated rings. The van der Waals surface area contributed by atoms with Crippen molar-refractivity contribution in [2.45, 2.75) is 51.5 Å². The molecule has 0 unspecified atom stereocenters. The maximum Gasteiger partial charge on any atom is 0.239 e. The third-order valence-electron chi connectivity index (χ3n) is 3.46. The maximum absolute atomic E-state index is 11.5. The van der Waals surface area contributed by atoms with E-state index in [0.29, 0.717) is 18.9 Å². The van der Waals surface area contributed by atoms with Crippen LogP contribution in [0.5, 0.6) is 0 Å². The Labute approximate surface area is 121 Å². The van der Waals surface area contributed by atoms with Crippen LogP contribution in [0.3, 0.4) is 0 Å². The van der Waals surface area contributed by atoms with Crippen molar-refractivity contribution in [1.29, 1.82) is 0 Å². The van der Waals surface area contributed by atoms with Crippen molar-refractivity contribution in [2.24, 2.45) is 11.7 Å². The van der Waals surface area contributed by atoms with Crippen molar-refractivity contribution in [2.75, 3.05) is 13.1 Å². The number of halogens is 1. The van der Waals surface area contributed by atoms with Crippen LogP contribution in [0.25, 0.3) is 0 Å². The van der Waals surface area contributed by atoms with Gasteiger partial charge in [0.2, 0.25) is 11.8 Å². The topological polar surface area (TPSA) is 84.2 Å². The molecule has 2 amide bonds. The minimum Gasteiger partial charge on any atom is -0.351 e. The minimum absolute atomic E-state index is 0. The molecule has 112 valence electrons. The summed E-state index contributed by atoms with van der Waals surface area (Å²) in [5.41, 5.74) is 5.39. The molecule has 4 N–H and O–H groups in total. The molecule has 0 spiro atoms. The zero-order valence-electron chi connectivity index (χ0n) is 11.6. The van der Waals surface area contributed by atoms with Crippen LogP contribution in [0.15, 0.2) is 0 Å². The van der Waals surface area contributed by atoms with Gasteiger partial charge in [-0.05, 0) is 19.3 Å². The van der Waals surface area contributed by atoms with Crippen LogP contribution in [-0.4, -0.2) is 30.9 Å². The van der Waals surface area contributed by atoms with E-state index in [-0.39, 0.29) is 36.8 Å². The lowest BCUT2D eigenvalue weighted by Crippen LogP contribution is -2.43. The van der Waals surface area contributed by atoms with Crippen LogP contribution in [-0.2, 0) is 9.59 Å². The van der Waals surface area contributed by atoms with Crippen molar-refractivity contribution in [3.63, 3.8) is 0 Å². The Morgan fingerprint density at radius 3 is 2.47 bits per heavy atom. The Bertz CT molecular complexity index is 281. The van der Waals surface area contributed by atoms with Crippen molar-refractivity contribution >= 4 is 24.2 Å². The first-order valence-corrected chi connectivity index (χ1v) is 6.88. The fourth-order valence-corrected chi connectivity index (χ4v) is 2.29. The molecule has 0 aromatic heterocycles. The van der Waals surface area contributed by atoms with Crippen molar-refractivity contribution in [3.8, 4) is 0 Å². The van der Waals surface area contributed by atoms with E-state index in [1.165, 1.54) is 25.7 Å². The highest BCUT2D eigenvalue weighted by Crippen LogP contribution is 2.28. The lowest BCUT2D eigenvalue weighted by atomic mass is 10.0. The normalized spacial score (nSPS) is 16.5. The van der Waals surface area contributed by atoms with Gasteiger partial charge >= 0.3 is 0 Å². The smallest absolute Gasteiger partial charge is 0.239 e. The summed E-state index contributed by atoms with van der Waals surface area (Å²) < 4.78 is 0. The van der Waals surface area contributed by atoms with Crippen LogP contribution < -0.4 is 16.4 Å². The van der Waals surface area contributed by atoms with E-state index in [1.54, 1.807) is 0 Å². The summed E-state index contributed by atoms with van der Waals surface area (Å²) in [5, 5.41) is 5.35. The van der Waals surface area contributed by atoms with Gasteiger partial charge in [-0.3, -0.25) is 9.59 Å². The Morgan fingerprint density at radius 2 is 1.89 bits per heavy atom. The summed E-state index contributed by atoms with van der Waals surface area (Å²) in [5.74, 6) is 0.501. The number of hydrogen-bond donors (Lipinski definition) is 3. The van der Waals surface area contributed by atoms with Gasteiger partial charge in [0.1, 0.15) is 0 Å². The molecule has 0 bridgehead atoms. The average Bonchev–Trinajstić information content (AvgIpc) is 2.86. The number of rotatable bonds is 7. The molecule has 6 heteroatoms. The molecular weight excluding hydrogens is 266 g/mol. The summed E-state index contributed by atoms with van der Waals surface area (Å²) in [6.45, 7) is 2.29. The minimum atomic E-state index is -0.179. The van der Waals surface area contributed by atoms with Gasteiger partial charge in [-0.25, -0.2) is 0 Å². The highest BCUT2D eigenvalue weighted by molar-refractivity contribution is 5.85. The second-order valence-corrected chi connectivity index (χ2v) is 5.17. The molecule has 0 saturated heterocycles. The van der Waals surface area contributed by atoms with E-state index >= 15 is 0 Å². The summed E-state index contributed by atoms with van der Waals surface area (Å²) in [7, 11) is 0. The number of hydrogen-bond acceptors (Lipinski definition) is 3. The van der Waals surface area contributed by atoms with Crippen molar-refractivity contribution in [1.82, 2.24) is 10.6 Å². The quantitative estimate of drug-likeness (QED) is 0.653. The lowest BCUT2D eigenvalue weighted by molar-refractivity contribution is -0.126. The summed E-state index contributed by atoms with van der Waals surface area (Å²) in [6.07, 6.45) is 6.58. The second kappa shape index (κ2) is 10.0. The molecule has 1 rings (SSSR count). The van der Waals surface area contributed by atoms with Crippen molar-refractivity contribution in [3.05, 3.63) is 0 Å². The van der Waals surface area contributed by atoms with E-state index in [0.717, 1.165) is 6.42 Å². The van der Waals surface area contributed by atoms with Gasteiger partial charge < -0.3 is 16.4 Å². The van der Waals surface area contributed by atoms with Gasteiger partial charge in [0.05, 0.1) is 6.54 Å². The molecule has 0 aliphatic heterocycles. The maximum atomic E-state index is 11.5. The predicted molar refractivity (Wildman–Crippen MR) is 78.1 cm³/mol. The van der Waals surface area contributed by atoms with E-state index in [2.05, 4.69) is 10.6 Å². The van der Waals surface area contributed by atoms with Gasteiger partial charge in [-0.2, -0.15) is 0 Å². The van der Waals surface area contributed by atoms with Gasteiger partial charge in [-0.1, -0.05) is 25.7 Å². The molecule has 0 radical (unpaired) electrons. The fraction of sp³-hybridized carbons (Fsp3) is 0.846. The number of nitrogens with one attached hydrogen (secondary N) is 2. The molecular formula is C13H26ClN3O2. The monoisotopic (exact) mass is 291 g/mol. The summed E-state index contributed by atoms with van der Waals surface area (Å²) in [4.78, 5) is 22.9. The van der Waals surface area contributed by atoms with Crippen molar-refractivity contribution < 1.29 is 9.59 Å². The molecule has 19 heavy (non-hydrogen) atoms. The SMILES string of the molecule is C[C@@H](CN)NC(=O)CNC(=O)CCC1CCCC1.Cl. The van der Waals surface area contributed by atoms with Crippen LogP contribution in [0, 0.1) is 5.92 Å². The van der Waals surface area contributed by atoms with Gasteiger partial charge in [-0.15, -0.1) is 12.4 Å². The second-order valence-electron chi connectivity index (χ2n) is 5.17. The molecule has 1 saturated carbocycles. The van der Waals surface area contributed by atoms with Gasteiger partial charge in [0.15, 0.2) is 0 Å². The number of carbonyl (C=O) groups is 2. The van der Waals surface area contributed by atoms with E-state index in [9.17, 15) is 9.59 Å². The van der Waals surface area contributed by atoms with Gasteiger partial charge in [0, 0.05) is 19.0 Å². The molecule has 1 atom stereocenters. The molecule has 0 heterocycles. The Balaban J connectivity index is 0.00000324. The highest BCUT2D eigenvalue weighted by atomic mass is 35.5. The molecule has 1 aliphatic rings. The number of carbonyl (C=O) groups excluding carboxylic acids is 2. The first-order chi connectivity index (χ1) is 8.61. The zero-order chi connectivity index (χ0) is 13.4. The molecule has 1 aliphatic carbocycles. The van der Waals surface area contributed by atoms with Gasteiger partial charge in [0.25, 0.3) is 0 Å². The first kappa shape index (κ1) is 18.2. The van der Waals surface area contributed by atoms with Crippen LogP contribution in [0.1, 0.15) is 45.4 Å². The third kappa shape index (κ3) is 8.06. The average molecular weight is 292 g/mol. The third-order valence-corrected chi connectivity index (χ3v) is 3.46. The highest BCUT2D eigenvalue weighted by Gasteiger charge is 2.16. The fourth-order valence-electron chi connectivity index (χ4n) is 2.29.